The molecule has 0 radical (unpaired) electrons. The van der Waals surface area contributed by atoms with E-state index in [2.05, 4.69) is 12.1 Å². The maximum atomic E-state index is 12.7. The third-order valence-corrected chi connectivity index (χ3v) is 5.16. The van der Waals surface area contributed by atoms with Gasteiger partial charge in [-0.1, -0.05) is 17.7 Å². The van der Waals surface area contributed by atoms with Crippen molar-refractivity contribution in [2.45, 2.75) is 26.7 Å². The van der Waals surface area contributed by atoms with Crippen LogP contribution in [-0.4, -0.2) is 46.4 Å². The minimum Gasteiger partial charge on any atom is -0.272 e. The number of rotatable bonds is 1. The van der Waals surface area contributed by atoms with Crippen LogP contribution in [0.2, 0.25) is 0 Å². The number of amides is 2. The summed E-state index contributed by atoms with van der Waals surface area (Å²) in [6.45, 7) is 7.29. The van der Waals surface area contributed by atoms with E-state index in [0.29, 0.717) is 13.1 Å². The number of carbonyl (C=O) groups is 2. The van der Waals surface area contributed by atoms with Crippen molar-refractivity contribution in [2.75, 3.05) is 24.6 Å². The Morgan fingerprint density at radius 1 is 0.952 bits per heavy atom. The summed E-state index contributed by atoms with van der Waals surface area (Å²) in [5, 5.41) is 3.32. The van der Waals surface area contributed by atoms with Gasteiger partial charge in [0, 0.05) is 11.5 Å². The molecule has 0 unspecified atom stereocenters. The van der Waals surface area contributed by atoms with E-state index in [1.807, 2.05) is 20.8 Å². The Balaban J connectivity index is 2.04. The molecule has 21 heavy (non-hydrogen) atoms. The average molecular weight is 304 g/mol. The molecule has 0 N–H and O–H groups in total. The van der Waals surface area contributed by atoms with E-state index in [1.165, 1.54) is 0 Å². The van der Waals surface area contributed by atoms with Gasteiger partial charge >= 0.3 is 0 Å². The predicted molar refractivity (Wildman–Crippen MR) is 84.1 cm³/mol. The highest BCUT2D eigenvalue weighted by molar-refractivity contribution is 7.99. The number of nitrogens with zero attached hydrogens (tertiary/aromatic N) is 2. The molecule has 0 bridgehead atoms. The largest absolute Gasteiger partial charge is 0.272 e. The van der Waals surface area contributed by atoms with E-state index in [4.69, 9.17) is 0 Å². The van der Waals surface area contributed by atoms with Gasteiger partial charge in [0.1, 0.15) is 5.92 Å². The van der Waals surface area contributed by atoms with Crippen molar-refractivity contribution in [3.63, 3.8) is 0 Å². The summed E-state index contributed by atoms with van der Waals surface area (Å²) in [5.74, 6) is 1.03. The Kier molecular flexibility index (Phi) is 3.69. The third kappa shape index (κ3) is 2.33. The monoisotopic (exact) mass is 304 g/mol. The van der Waals surface area contributed by atoms with Gasteiger partial charge in [-0.3, -0.25) is 9.59 Å². The van der Waals surface area contributed by atoms with Crippen molar-refractivity contribution in [1.82, 2.24) is 10.0 Å². The first-order valence-electron chi connectivity index (χ1n) is 7.29. The number of benzene rings is 1. The van der Waals surface area contributed by atoms with Crippen LogP contribution in [0.25, 0.3) is 0 Å². The van der Waals surface area contributed by atoms with Crippen LogP contribution in [0.4, 0.5) is 0 Å². The van der Waals surface area contributed by atoms with Crippen molar-refractivity contribution in [1.29, 1.82) is 0 Å². The van der Waals surface area contributed by atoms with Crippen LogP contribution in [0.3, 0.4) is 0 Å². The summed E-state index contributed by atoms with van der Waals surface area (Å²) in [4.78, 5) is 25.5. The molecule has 2 saturated heterocycles. The summed E-state index contributed by atoms with van der Waals surface area (Å²) in [7, 11) is 0. The minimum absolute atomic E-state index is 0.0578. The van der Waals surface area contributed by atoms with Gasteiger partial charge in [0.25, 0.3) is 11.8 Å². The highest BCUT2D eigenvalue weighted by Crippen LogP contribution is 2.34. The number of fused-ring (bicyclic) bond motifs is 1. The van der Waals surface area contributed by atoms with E-state index >= 15 is 0 Å². The van der Waals surface area contributed by atoms with Gasteiger partial charge in [0.15, 0.2) is 0 Å². The number of hydrogen-bond donors (Lipinski definition) is 0. The minimum atomic E-state index is -0.645. The Labute approximate surface area is 129 Å². The average Bonchev–Trinajstić information content (AvgIpc) is 2.61. The van der Waals surface area contributed by atoms with Crippen LogP contribution in [0, 0.1) is 20.8 Å². The molecular weight excluding hydrogens is 284 g/mol. The van der Waals surface area contributed by atoms with Gasteiger partial charge < -0.3 is 0 Å². The van der Waals surface area contributed by atoms with E-state index < -0.39 is 5.92 Å². The molecule has 2 aliphatic heterocycles. The van der Waals surface area contributed by atoms with E-state index in [0.717, 1.165) is 33.8 Å². The Morgan fingerprint density at radius 2 is 1.43 bits per heavy atom. The molecule has 2 heterocycles. The molecule has 4 nitrogen and oxygen atoms in total. The second-order valence-corrected chi connectivity index (χ2v) is 7.01. The van der Waals surface area contributed by atoms with Crippen LogP contribution < -0.4 is 0 Å². The Morgan fingerprint density at radius 3 is 1.90 bits per heavy atom. The lowest BCUT2D eigenvalue weighted by Crippen LogP contribution is -2.41. The quantitative estimate of drug-likeness (QED) is 0.745. The van der Waals surface area contributed by atoms with Crippen molar-refractivity contribution < 1.29 is 9.59 Å². The maximum absolute atomic E-state index is 12.7. The molecule has 0 saturated carbocycles. The topological polar surface area (TPSA) is 40.6 Å². The molecule has 1 aromatic rings. The highest BCUT2D eigenvalue weighted by Gasteiger charge is 2.47. The van der Waals surface area contributed by atoms with Crippen molar-refractivity contribution >= 4 is 23.6 Å². The first-order valence-corrected chi connectivity index (χ1v) is 8.44. The molecule has 1 aromatic carbocycles. The van der Waals surface area contributed by atoms with Gasteiger partial charge in [0.2, 0.25) is 0 Å². The predicted octanol–water partition coefficient (Wildman–Crippen LogP) is 2.03. The normalized spacial score (nSPS) is 20.0. The fraction of sp³-hybridized carbons (Fsp3) is 0.500. The lowest BCUT2D eigenvalue weighted by Gasteiger charge is -2.24. The molecular formula is C16H20N2O2S. The first-order chi connectivity index (χ1) is 10.0. The third-order valence-electron chi connectivity index (χ3n) is 4.22. The lowest BCUT2D eigenvalue weighted by molar-refractivity contribution is -0.145. The zero-order valence-electron chi connectivity index (χ0n) is 12.7. The fourth-order valence-corrected chi connectivity index (χ4v) is 4.21. The maximum Gasteiger partial charge on any atom is 0.258 e. The molecule has 2 fully saturated rings. The first kappa shape index (κ1) is 14.4. The van der Waals surface area contributed by atoms with Crippen LogP contribution in [-0.2, 0) is 9.59 Å². The summed E-state index contributed by atoms with van der Waals surface area (Å²) in [6.07, 6.45) is 0. The fourth-order valence-electron chi connectivity index (χ4n) is 3.40. The van der Waals surface area contributed by atoms with Gasteiger partial charge in [-0.25, -0.2) is 10.0 Å². The molecule has 2 amide bonds. The van der Waals surface area contributed by atoms with Gasteiger partial charge in [-0.05, 0) is 37.5 Å². The van der Waals surface area contributed by atoms with Crippen molar-refractivity contribution in [3.8, 4) is 0 Å². The summed E-state index contributed by atoms with van der Waals surface area (Å²) < 4.78 is 0. The second-order valence-electron chi connectivity index (χ2n) is 5.78. The second kappa shape index (κ2) is 5.37. The molecule has 5 heteroatoms. The molecule has 0 aliphatic carbocycles. The van der Waals surface area contributed by atoms with Crippen LogP contribution >= 0.6 is 11.8 Å². The zero-order chi connectivity index (χ0) is 15.1. The Hall–Kier alpha value is -1.49. The molecule has 0 aromatic heterocycles. The number of carbonyl (C=O) groups excluding carboxylic acids is 2. The number of aryl methyl sites for hydroxylation is 3. The van der Waals surface area contributed by atoms with Gasteiger partial charge in [0.05, 0.1) is 13.1 Å². The van der Waals surface area contributed by atoms with Crippen LogP contribution in [0.5, 0.6) is 0 Å². The number of hydrogen-bond acceptors (Lipinski definition) is 3. The highest BCUT2D eigenvalue weighted by atomic mass is 32.2. The van der Waals surface area contributed by atoms with Gasteiger partial charge in [-0.2, -0.15) is 11.8 Å². The summed E-state index contributed by atoms with van der Waals surface area (Å²) in [5.41, 5.74) is 4.13. The van der Waals surface area contributed by atoms with Gasteiger partial charge in [-0.15, -0.1) is 0 Å². The Bertz CT molecular complexity index is 567. The smallest absolute Gasteiger partial charge is 0.258 e. The van der Waals surface area contributed by atoms with E-state index in [-0.39, 0.29) is 11.8 Å². The molecule has 0 atom stereocenters. The van der Waals surface area contributed by atoms with Crippen LogP contribution in [0.1, 0.15) is 28.2 Å². The SMILES string of the molecule is Cc1cc(C)c(C2C(=O)N3CCSCCN3C2=O)c(C)c1. The zero-order valence-corrected chi connectivity index (χ0v) is 13.5. The molecule has 3 rings (SSSR count). The molecule has 112 valence electrons. The van der Waals surface area contributed by atoms with E-state index in [1.54, 1.807) is 21.8 Å². The number of hydrazine groups is 1. The number of thioether (sulfide) groups is 1. The standard InChI is InChI=1S/C16H20N2O2S/c1-10-8-11(2)13(12(3)9-10)14-15(19)17-4-6-21-7-5-18(17)16(14)20/h8-9,14H,4-7H2,1-3H3. The van der Waals surface area contributed by atoms with E-state index in [9.17, 15) is 9.59 Å². The molecule has 0 spiro atoms. The summed E-state index contributed by atoms with van der Waals surface area (Å²) >= 11 is 1.79. The van der Waals surface area contributed by atoms with Crippen molar-refractivity contribution in [2.24, 2.45) is 0 Å². The molecule has 2 aliphatic rings. The van der Waals surface area contributed by atoms with Crippen LogP contribution in [0.15, 0.2) is 12.1 Å². The van der Waals surface area contributed by atoms with Crippen molar-refractivity contribution in [3.05, 3.63) is 34.4 Å². The lowest BCUT2D eigenvalue weighted by atomic mass is 9.89. The summed E-state index contributed by atoms with van der Waals surface area (Å²) in [6, 6.07) is 4.11.